The Labute approximate surface area is 163 Å². The van der Waals surface area contributed by atoms with E-state index in [4.69, 9.17) is 4.74 Å². The molecule has 0 saturated heterocycles. The third-order valence-electron chi connectivity index (χ3n) is 4.47. The predicted octanol–water partition coefficient (Wildman–Crippen LogP) is 5.29. The Bertz CT molecular complexity index is 651. The van der Waals surface area contributed by atoms with Crippen LogP contribution in [-0.2, 0) is 4.79 Å². The third kappa shape index (κ3) is 7.53. The molecule has 5 heteroatoms. The number of unbranched alkanes of at least 4 members (excludes halogenated alkanes) is 1. The lowest BCUT2D eigenvalue weighted by atomic mass is 10.1. The summed E-state index contributed by atoms with van der Waals surface area (Å²) in [4.78, 5) is 19.0. The summed E-state index contributed by atoms with van der Waals surface area (Å²) in [5.41, 5.74) is 3.36. The molecule has 27 heavy (non-hydrogen) atoms. The minimum Gasteiger partial charge on any atom is -0.493 e. The van der Waals surface area contributed by atoms with Gasteiger partial charge in [-0.25, -0.2) is 0 Å². The van der Waals surface area contributed by atoms with E-state index in [9.17, 15) is 9.18 Å². The molecule has 0 saturated carbocycles. The normalized spacial score (nSPS) is 12.6. The fourth-order valence-electron chi connectivity index (χ4n) is 2.62. The van der Waals surface area contributed by atoms with E-state index in [0.717, 1.165) is 42.0 Å². The molecule has 0 bridgehead atoms. The lowest BCUT2D eigenvalue weighted by Crippen LogP contribution is -2.36. The van der Waals surface area contributed by atoms with Crippen LogP contribution < -0.4 is 4.74 Å². The van der Waals surface area contributed by atoms with Gasteiger partial charge >= 0.3 is 0 Å². The van der Waals surface area contributed by atoms with Gasteiger partial charge in [-0.3, -0.25) is 14.2 Å². The lowest BCUT2D eigenvalue weighted by molar-refractivity contribution is -0.124. The van der Waals surface area contributed by atoms with Crippen LogP contribution in [0.15, 0.2) is 35.0 Å². The van der Waals surface area contributed by atoms with E-state index < -0.39 is 0 Å². The van der Waals surface area contributed by atoms with Crippen molar-refractivity contribution in [1.82, 2.24) is 4.90 Å². The van der Waals surface area contributed by atoms with Gasteiger partial charge < -0.3 is 9.64 Å². The minimum atomic E-state index is -0.372. The molecule has 1 aromatic carbocycles. The van der Waals surface area contributed by atoms with Gasteiger partial charge in [-0.15, -0.1) is 0 Å². The largest absolute Gasteiger partial charge is 0.493 e. The Balaban J connectivity index is 2.87. The van der Waals surface area contributed by atoms with Gasteiger partial charge in [0.15, 0.2) is 0 Å². The van der Waals surface area contributed by atoms with E-state index in [2.05, 4.69) is 11.9 Å². The van der Waals surface area contributed by atoms with Crippen molar-refractivity contribution in [3.8, 4) is 5.75 Å². The molecule has 0 fully saturated rings. The fourth-order valence-corrected chi connectivity index (χ4v) is 2.62. The number of carbonyl (C=O) groups excluding carboxylic acids is 1. The second-order valence-electron chi connectivity index (χ2n) is 6.56. The summed E-state index contributed by atoms with van der Waals surface area (Å²) in [5.74, 6) is 0.719. The first-order chi connectivity index (χ1) is 12.9. The van der Waals surface area contributed by atoms with Crippen LogP contribution in [0.5, 0.6) is 5.75 Å². The average molecular weight is 377 g/mol. The zero-order valence-electron chi connectivity index (χ0n) is 17.3. The highest BCUT2D eigenvalue weighted by Gasteiger charge is 2.14. The molecule has 0 aromatic heterocycles. The highest BCUT2D eigenvalue weighted by atomic mass is 19.1. The maximum atomic E-state index is 12.6. The van der Waals surface area contributed by atoms with E-state index in [1.807, 2.05) is 49.9 Å². The Morgan fingerprint density at radius 2 is 1.78 bits per heavy atom. The lowest BCUT2D eigenvalue weighted by Gasteiger charge is -2.20. The molecule has 1 amide bonds. The number of hydrogen-bond donors (Lipinski definition) is 0. The first kappa shape index (κ1) is 22.9. The van der Waals surface area contributed by atoms with Crippen LogP contribution in [0.3, 0.4) is 0 Å². The molecule has 0 N–H and O–H groups in total. The van der Waals surface area contributed by atoms with Crippen LogP contribution in [0.4, 0.5) is 4.39 Å². The van der Waals surface area contributed by atoms with Crippen LogP contribution in [0.1, 0.15) is 59.4 Å². The molecule has 0 heterocycles. The molecule has 150 valence electrons. The highest BCUT2D eigenvalue weighted by molar-refractivity contribution is 6.38. The number of aliphatic imine (C=N–C) groups is 1. The van der Waals surface area contributed by atoms with E-state index in [0.29, 0.717) is 25.3 Å². The molecule has 0 aliphatic heterocycles. The number of ether oxygens (including phenoxy) is 1. The van der Waals surface area contributed by atoms with Crippen molar-refractivity contribution in [3.63, 3.8) is 0 Å². The number of carbonyl (C=O) groups is 1. The molecule has 0 aliphatic rings. The predicted molar refractivity (Wildman–Crippen MR) is 111 cm³/mol. The SMILES string of the molecule is CCCCN(CC)C(=O)C(C)=N/C(C)=C(\C)c1ccc(OCCCF)cc1. The summed E-state index contributed by atoms with van der Waals surface area (Å²) >= 11 is 0. The van der Waals surface area contributed by atoms with E-state index in [1.165, 1.54) is 0 Å². The molecule has 0 aliphatic carbocycles. The molecule has 0 spiro atoms. The van der Waals surface area contributed by atoms with Gasteiger partial charge in [0.2, 0.25) is 0 Å². The quantitative estimate of drug-likeness (QED) is 0.389. The molecule has 0 atom stereocenters. The molecule has 0 unspecified atom stereocenters. The Morgan fingerprint density at radius 1 is 1.11 bits per heavy atom. The second kappa shape index (κ2) is 12.3. The van der Waals surface area contributed by atoms with Crippen molar-refractivity contribution in [1.29, 1.82) is 0 Å². The second-order valence-corrected chi connectivity index (χ2v) is 6.56. The van der Waals surface area contributed by atoms with Crippen LogP contribution in [0.25, 0.3) is 5.57 Å². The number of halogens is 1. The topological polar surface area (TPSA) is 41.9 Å². The van der Waals surface area contributed by atoms with Crippen LogP contribution >= 0.6 is 0 Å². The number of nitrogens with zero attached hydrogens (tertiary/aromatic N) is 2. The third-order valence-corrected chi connectivity index (χ3v) is 4.47. The number of rotatable bonds is 11. The molecule has 0 radical (unpaired) electrons. The first-order valence-electron chi connectivity index (χ1n) is 9.75. The van der Waals surface area contributed by atoms with Crippen molar-refractivity contribution >= 4 is 17.2 Å². The summed E-state index contributed by atoms with van der Waals surface area (Å²) in [6.07, 6.45) is 2.46. The summed E-state index contributed by atoms with van der Waals surface area (Å²) in [5, 5.41) is 0. The number of allylic oxidation sites excluding steroid dienone is 2. The Kier molecular flexibility index (Phi) is 10.4. The van der Waals surface area contributed by atoms with Crippen molar-refractivity contribution < 1.29 is 13.9 Å². The van der Waals surface area contributed by atoms with Crippen molar-refractivity contribution in [2.45, 2.75) is 53.9 Å². The number of benzene rings is 1. The maximum absolute atomic E-state index is 12.6. The summed E-state index contributed by atoms with van der Waals surface area (Å²) < 4.78 is 17.6. The highest BCUT2D eigenvalue weighted by Crippen LogP contribution is 2.22. The number of hydrogen-bond acceptors (Lipinski definition) is 3. The Hall–Kier alpha value is -2.17. The average Bonchev–Trinajstić information content (AvgIpc) is 2.68. The van der Waals surface area contributed by atoms with Crippen LogP contribution in [0, 0.1) is 0 Å². The monoisotopic (exact) mass is 376 g/mol. The maximum Gasteiger partial charge on any atom is 0.267 e. The van der Waals surface area contributed by atoms with Crippen LogP contribution in [0.2, 0.25) is 0 Å². The zero-order chi connectivity index (χ0) is 20.2. The molecule has 1 aromatic rings. The van der Waals surface area contributed by atoms with Gasteiger partial charge in [0, 0.05) is 25.2 Å². The summed E-state index contributed by atoms with van der Waals surface area (Å²) in [6.45, 7) is 11.3. The first-order valence-corrected chi connectivity index (χ1v) is 9.75. The van der Waals surface area contributed by atoms with Gasteiger partial charge in [0.25, 0.3) is 5.91 Å². The van der Waals surface area contributed by atoms with E-state index >= 15 is 0 Å². The summed E-state index contributed by atoms with van der Waals surface area (Å²) in [7, 11) is 0. The molecular weight excluding hydrogens is 343 g/mol. The van der Waals surface area contributed by atoms with Gasteiger partial charge in [-0.1, -0.05) is 25.5 Å². The van der Waals surface area contributed by atoms with E-state index in [1.54, 1.807) is 6.92 Å². The van der Waals surface area contributed by atoms with Crippen molar-refractivity contribution in [3.05, 3.63) is 35.5 Å². The van der Waals surface area contributed by atoms with Gasteiger partial charge in [-0.05, 0) is 57.4 Å². The minimum absolute atomic E-state index is 0.00490. The number of amides is 1. The van der Waals surface area contributed by atoms with Crippen LogP contribution in [-0.4, -0.2) is 42.9 Å². The van der Waals surface area contributed by atoms with Crippen molar-refractivity contribution in [2.75, 3.05) is 26.4 Å². The van der Waals surface area contributed by atoms with E-state index in [-0.39, 0.29) is 12.6 Å². The van der Waals surface area contributed by atoms with Gasteiger partial charge in [0.05, 0.1) is 13.3 Å². The van der Waals surface area contributed by atoms with Gasteiger partial charge in [0.1, 0.15) is 11.5 Å². The number of alkyl halides is 1. The molecule has 1 rings (SSSR count). The summed E-state index contributed by atoms with van der Waals surface area (Å²) in [6, 6.07) is 7.65. The Morgan fingerprint density at radius 3 is 2.33 bits per heavy atom. The van der Waals surface area contributed by atoms with Crippen molar-refractivity contribution in [2.24, 2.45) is 4.99 Å². The van der Waals surface area contributed by atoms with Gasteiger partial charge in [-0.2, -0.15) is 0 Å². The smallest absolute Gasteiger partial charge is 0.267 e. The fraction of sp³-hybridized carbons (Fsp3) is 0.545. The molecule has 4 nitrogen and oxygen atoms in total. The zero-order valence-corrected chi connectivity index (χ0v) is 17.3. The molecular formula is C22H33FN2O2. The standard InChI is InChI=1S/C22H33FN2O2/c1-6-8-15-25(7-2)22(26)19(5)24-18(4)17(3)20-10-12-21(13-11-20)27-16-9-14-23/h10-13H,6-9,14-16H2,1-5H3/b18-17+,24-19?.